The Bertz CT molecular complexity index is 929. The maximum Gasteiger partial charge on any atom is 0.254 e. The molecule has 0 radical (unpaired) electrons. The first-order valence-electron chi connectivity index (χ1n) is 8.76. The molecule has 4 rings (SSSR count). The van der Waals surface area contributed by atoms with Crippen LogP contribution in [0.1, 0.15) is 38.0 Å². The van der Waals surface area contributed by atoms with Crippen molar-refractivity contribution in [2.75, 3.05) is 13.7 Å². The topological polar surface area (TPSA) is 29.5 Å². The van der Waals surface area contributed by atoms with Crippen LogP contribution in [-0.4, -0.2) is 24.5 Å². The summed E-state index contributed by atoms with van der Waals surface area (Å²) in [5.74, 6) is 0.889. The van der Waals surface area contributed by atoms with Crippen LogP contribution in [0.2, 0.25) is 0 Å². The minimum Gasteiger partial charge on any atom is -0.496 e. The number of carbonyl (C=O) groups is 1. The lowest BCUT2D eigenvalue weighted by molar-refractivity contribution is 0.0696. The molecule has 0 N–H and O–H groups in total. The average Bonchev–Trinajstić information content (AvgIpc) is 3.16. The van der Waals surface area contributed by atoms with Crippen LogP contribution in [-0.2, 0) is 6.42 Å². The Hall–Kier alpha value is -2.59. The molecule has 1 atom stereocenters. The number of thiophene rings is 1. The van der Waals surface area contributed by atoms with Crippen molar-refractivity contribution in [2.24, 2.45) is 0 Å². The van der Waals surface area contributed by atoms with E-state index in [2.05, 4.69) is 17.5 Å². The van der Waals surface area contributed by atoms with Gasteiger partial charge in [0.2, 0.25) is 0 Å². The van der Waals surface area contributed by atoms with Gasteiger partial charge in [0.1, 0.15) is 5.75 Å². The van der Waals surface area contributed by atoms with Gasteiger partial charge in [-0.15, -0.1) is 11.3 Å². The zero-order chi connectivity index (χ0) is 18.1. The number of fused-ring (bicyclic) bond motifs is 1. The van der Waals surface area contributed by atoms with Crippen molar-refractivity contribution in [3.63, 3.8) is 0 Å². The number of hydrogen-bond acceptors (Lipinski definition) is 3. The van der Waals surface area contributed by atoms with E-state index >= 15 is 0 Å². The third-order valence-electron chi connectivity index (χ3n) is 4.96. The largest absolute Gasteiger partial charge is 0.496 e. The van der Waals surface area contributed by atoms with Gasteiger partial charge < -0.3 is 9.64 Å². The van der Waals surface area contributed by atoms with Crippen molar-refractivity contribution in [3.05, 3.63) is 87.1 Å². The first-order valence-corrected chi connectivity index (χ1v) is 9.64. The number of rotatable bonds is 3. The van der Waals surface area contributed by atoms with E-state index in [4.69, 9.17) is 4.74 Å². The molecule has 1 aliphatic heterocycles. The van der Waals surface area contributed by atoms with Gasteiger partial charge in [0.25, 0.3) is 5.91 Å². The predicted molar refractivity (Wildman–Crippen MR) is 105 cm³/mol. The zero-order valence-electron chi connectivity index (χ0n) is 14.9. The van der Waals surface area contributed by atoms with Gasteiger partial charge >= 0.3 is 0 Å². The zero-order valence-corrected chi connectivity index (χ0v) is 15.8. The summed E-state index contributed by atoms with van der Waals surface area (Å²) in [5, 5.41) is 2.12. The van der Waals surface area contributed by atoms with E-state index in [1.165, 1.54) is 10.4 Å². The summed E-state index contributed by atoms with van der Waals surface area (Å²) in [6.45, 7) is 2.74. The van der Waals surface area contributed by atoms with Crippen molar-refractivity contribution in [1.82, 2.24) is 4.90 Å². The molecule has 1 unspecified atom stereocenters. The molecule has 4 heteroatoms. The molecule has 0 fully saturated rings. The maximum atomic E-state index is 13.3. The van der Waals surface area contributed by atoms with Gasteiger partial charge in [-0.2, -0.15) is 0 Å². The molecule has 3 aromatic rings. The second-order valence-electron chi connectivity index (χ2n) is 6.57. The van der Waals surface area contributed by atoms with Crippen LogP contribution in [0.3, 0.4) is 0 Å². The quantitative estimate of drug-likeness (QED) is 0.665. The molecular formula is C22H21NO2S. The smallest absolute Gasteiger partial charge is 0.254 e. The van der Waals surface area contributed by atoms with Gasteiger partial charge in [0, 0.05) is 22.5 Å². The highest BCUT2D eigenvalue weighted by Gasteiger charge is 2.35. The average molecular weight is 363 g/mol. The summed E-state index contributed by atoms with van der Waals surface area (Å²) >= 11 is 1.72. The van der Waals surface area contributed by atoms with Crippen LogP contribution >= 0.6 is 11.3 Å². The van der Waals surface area contributed by atoms with Crippen molar-refractivity contribution in [2.45, 2.75) is 19.4 Å². The number of methoxy groups -OCH3 is 1. The van der Waals surface area contributed by atoms with Gasteiger partial charge in [-0.1, -0.05) is 35.9 Å². The van der Waals surface area contributed by atoms with E-state index in [0.717, 1.165) is 28.9 Å². The van der Waals surface area contributed by atoms with Gasteiger partial charge in [0.15, 0.2) is 0 Å². The SMILES string of the molecule is COc1ccccc1C1c2sccc2CCN1C(=O)c1ccc(C)cc1. The molecule has 132 valence electrons. The summed E-state index contributed by atoms with van der Waals surface area (Å²) in [6, 6.07) is 17.9. The van der Waals surface area contributed by atoms with Gasteiger partial charge in [-0.25, -0.2) is 0 Å². The normalized spacial score (nSPS) is 16.2. The van der Waals surface area contributed by atoms with Crippen LogP contribution in [0, 0.1) is 6.92 Å². The number of ether oxygens (including phenoxy) is 1. The molecule has 2 aromatic carbocycles. The number of benzene rings is 2. The standard InChI is InChI=1S/C22H21NO2S/c1-15-7-9-17(10-8-15)22(24)23-13-11-16-12-14-26-21(16)20(23)18-5-3-4-6-19(18)25-2/h3-10,12,14,20H,11,13H2,1-2H3. The van der Waals surface area contributed by atoms with Crippen LogP contribution in [0.5, 0.6) is 5.75 Å². The maximum absolute atomic E-state index is 13.3. The van der Waals surface area contributed by atoms with Crippen LogP contribution in [0.15, 0.2) is 60.0 Å². The number of para-hydroxylation sites is 1. The van der Waals surface area contributed by atoms with Crippen LogP contribution < -0.4 is 4.74 Å². The molecule has 2 heterocycles. The second kappa shape index (κ2) is 6.96. The van der Waals surface area contributed by atoms with E-state index in [0.29, 0.717) is 6.54 Å². The molecule has 0 saturated heterocycles. The molecule has 0 aliphatic carbocycles. The predicted octanol–water partition coefficient (Wildman–Crippen LogP) is 4.85. The summed E-state index contributed by atoms with van der Waals surface area (Å²) < 4.78 is 5.61. The molecule has 0 saturated carbocycles. The lowest BCUT2D eigenvalue weighted by Gasteiger charge is -2.36. The van der Waals surface area contributed by atoms with Gasteiger partial charge in [0.05, 0.1) is 13.2 Å². The highest BCUT2D eigenvalue weighted by molar-refractivity contribution is 7.10. The third-order valence-corrected chi connectivity index (χ3v) is 5.97. The van der Waals surface area contributed by atoms with Crippen LogP contribution in [0.25, 0.3) is 0 Å². The van der Waals surface area contributed by atoms with Crippen molar-refractivity contribution in [3.8, 4) is 5.75 Å². The third kappa shape index (κ3) is 2.90. The highest BCUT2D eigenvalue weighted by atomic mass is 32.1. The number of amides is 1. The molecule has 1 aliphatic rings. The number of hydrogen-bond donors (Lipinski definition) is 0. The molecule has 26 heavy (non-hydrogen) atoms. The van der Waals surface area contributed by atoms with E-state index < -0.39 is 0 Å². The Morgan fingerprint density at radius 3 is 2.65 bits per heavy atom. The summed E-state index contributed by atoms with van der Waals surface area (Å²) in [5.41, 5.74) is 4.26. The molecule has 0 spiro atoms. The Kier molecular flexibility index (Phi) is 4.51. The van der Waals surface area contributed by atoms with E-state index in [1.54, 1.807) is 18.4 Å². The number of nitrogens with zero attached hydrogens (tertiary/aromatic N) is 1. The first-order chi connectivity index (χ1) is 12.7. The van der Waals surface area contributed by atoms with Crippen molar-refractivity contribution < 1.29 is 9.53 Å². The highest BCUT2D eigenvalue weighted by Crippen LogP contribution is 2.42. The lowest BCUT2D eigenvalue weighted by atomic mass is 9.94. The number of aryl methyl sites for hydroxylation is 1. The van der Waals surface area contributed by atoms with E-state index in [1.807, 2.05) is 54.3 Å². The Morgan fingerprint density at radius 2 is 1.88 bits per heavy atom. The Balaban J connectivity index is 1.80. The molecule has 1 amide bonds. The number of carbonyl (C=O) groups excluding carboxylic acids is 1. The molecule has 0 bridgehead atoms. The fourth-order valence-electron chi connectivity index (χ4n) is 3.59. The molecule has 1 aromatic heterocycles. The Labute approximate surface area is 157 Å². The van der Waals surface area contributed by atoms with Crippen LogP contribution in [0.4, 0.5) is 0 Å². The summed E-state index contributed by atoms with van der Waals surface area (Å²) in [6.07, 6.45) is 0.891. The van der Waals surface area contributed by atoms with Crippen molar-refractivity contribution >= 4 is 17.2 Å². The lowest BCUT2D eigenvalue weighted by Crippen LogP contribution is -2.40. The monoisotopic (exact) mass is 363 g/mol. The fraction of sp³-hybridized carbons (Fsp3) is 0.227. The molecular weight excluding hydrogens is 342 g/mol. The first kappa shape index (κ1) is 16.9. The fourth-order valence-corrected chi connectivity index (χ4v) is 4.67. The minimum atomic E-state index is -0.108. The summed E-state index contributed by atoms with van der Waals surface area (Å²) in [7, 11) is 1.68. The summed E-state index contributed by atoms with van der Waals surface area (Å²) in [4.78, 5) is 16.5. The van der Waals surface area contributed by atoms with E-state index in [-0.39, 0.29) is 11.9 Å². The minimum absolute atomic E-state index is 0.0694. The van der Waals surface area contributed by atoms with Gasteiger partial charge in [-0.05, 0) is 48.6 Å². The van der Waals surface area contributed by atoms with E-state index in [9.17, 15) is 4.79 Å². The second-order valence-corrected chi connectivity index (χ2v) is 7.52. The van der Waals surface area contributed by atoms with Crippen molar-refractivity contribution in [1.29, 1.82) is 0 Å². The Morgan fingerprint density at radius 1 is 1.12 bits per heavy atom. The van der Waals surface area contributed by atoms with Gasteiger partial charge in [-0.3, -0.25) is 4.79 Å². The molecule has 3 nitrogen and oxygen atoms in total.